The molecule has 0 saturated heterocycles. The van der Waals surface area contributed by atoms with Crippen LogP contribution in [0.4, 0.5) is 0 Å². The summed E-state index contributed by atoms with van der Waals surface area (Å²) in [7, 11) is -3.71. The molecule has 8 heteroatoms. The van der Waals surface area contributed by atoms with E-state index in [1.807, 2.05) is 6.92 Å². The number of amides is 1. The molecule has 0 aliphatic rings. The van der Waals surface area contributed by atoms with Crippen molar-refractivity contribution in [1.29, 1.82) is 0 Å². The van der Waals surface area contributed by atoms with Crippen LogP contribution < -0.4 is 10.0 Å². The lowest BCUT2D eigenvalue weighted by Crippen LogP contribution is -2.33. The van der Waals surface area contributed by atoms with E-state index in [9.17, 15) is 18.0 Å². The molecule has 1 atom stereocenters. The molecule has 1 unspecified atom stereocenters. The fourth-order valence-corrected chi connectivity index (χ4v) is 2.92. The standard InChI is InChI=1S/C16H20N2O5S/c1-3-5-13(16(20)21)11-17-15(19)12-6-8-14(9-7-12)24(22,23)18-10-4-2/h2,6-9,13,18H,3,5,10-11H2,1H3,(H,17,19)(H,20,21). The summed E-state index contributed by atoms with van der Waals surface area (Å²) in [5.41, 5.74) is 0.242. The Kier molecular flexibility index (Phi) is 7.42. The number of hydrogen-bond acceptors (Lipinski definition) is 4. The number of carboxylic acids is 1. The molecule has 0 aromatic heterocycles. The number of hydrogen-bond donors (Lipinski definition) is 3. The Morgan fingerprint density at radius 3 is 2.42 bits per heavy atom. The van der Waals surface area contributed by atoms with Crippen LogP contribution in [-0.4, -0.2) is 38.5 Å². The predicted octanol–water partition coefficient (Wildman–Crippen LogP) is 0.829. The maximum atomic E-state index is 12.0. The zero-order valence-electron chi connectivity index (χ0n) is 13.3. The average molecular weight is 352 g/mol. The molecule has 3 N–H and O–H groups in total. The van der Waals surface area contributed by atoms with Crippen LogP contribution >= 0.6 is 0 Å². The summed E-state index contributed by atoms with van der Waals surface area (Å²) >= 11 is 0. The molecule has 130 valence electrons. The lowest BCUT2D eigenvalue weighted by molar-refractivity contribution is -0.141. The molecule has 1 rings (SSSR count). The maximum absolute atomic E-state index is 12.0. The molecule has 24 heavy (non-hydrogen) atoms. The number of nitrogens with one attached hydrogen (secondary N) is 2. The molecule has 7 nitrogen and oxygen atoms in total. The number of carbonyl (C=O) groups is 2. The highest BCUT2D eigenvalue weighted by atomic mass is 32.2. The molecular weight excluding hydrogens is 332 g/mol. The normalized spacial score (nSPS) is 12.2. The van der Waals surface area contributed by atoms with Gasteiger partial charge in [0.2, 0.25) is 10.0 Å². The van der Waals surface area contributed by atoms with Crippen molar-refractivity contribution in [2.75, 3.05) is 13.1 Å². The fraction of sp³-hybridized carbons (Fsp3) is 0.375. The van der Waals surface area contributed by atoms with E-state index in [1.54, 1.807) is 0 Å². The first kappa shape index (κ1) is 19.7. The van der Waals surface area contributed by atoms with E-state index in [1.165, 1.54) is 24.3 Å². The molecule has 0 radical (unpaired) electrons. The Hall–Kier alpha value is -2.37. The lowest BCUT2D eigenvalue weighted by Gasteiger charge is -2.12. The van der Waals surface area contributed by atoms with Gasteiger partial charge in [-0.25, -0.2) is 8.42 Å². The van der Waals surface area contributed by atoms with Crippen molar-refractivity contribution in [1.82, 2.24) is 10.0 Å². The first-order valence-electron chi connectivity index (χ1n) is 7.36. The molecular formula is C16H20N2O5S. The van der Waals surface area contributed by atoms with Gasteiger partial charge in [-0.1, -0.05) is 19.3 Å². The quantitative estimate of drug-likeness (QED) is 0.570. The van der Waals surface area contributed by atoms with Crippen molar-refractivity contribution in [3.05, 3.63) is 29.8 Å². The minimum absolute atomic E-state index is 0.0105. The van der Waals surface area contributed by atoms with Crippen LogP contribution in [0, 0.1) is 18.3 Å². The van der Waals surface area contributed by atoms with E-state index in [0.717, 1.165) is 0 Å². The molecule has 0 bridgehead atoms. The van der Waals surface area contributed by atoms with Gasteiger partial charge < -0.3 is 10.4 Å². The summed E-state index contributed by atoms with van der Waals surface area (Å²) in [6.45, 7) is 1.76. The van der Waals surface area contributed by atoms with E-state index >= 15 is 0 Å². The molecule has 0 aliphatic heterocycles. The topological polar surface area (TPSA) is 113 Å². The second kappa shape index (κ2) is 9.05. The van der Waals surface area contributed by atoms with Crippen LogP contribution in [0.15, 0.2) is 29.2 Å². The average Bonchev–Trinajstić information content (AvgIpc) is 2.56. The highest BCUT2D eigenvalue weighted by molar-refractivity contribution is 7.89. The number of benzene rings is 1. The van der Waals surface area contributed by atoms with Gasteiger partial charge in [-0.2, -0.15) is 4.72 Å². The van der Waals surface area contributed by atoms with Crippen LogP contribution in [-0.2, 0) is 14.8 Å². The zero-order valence-corrected chi connectivity index (χ0v) is 14.1. The van der Waals surface area contributed by atoms with Gasteiger partial charge in [0, 0.05) is 12.1 Å². The van der Waals surface area contributed by atoms with E-state index in [-0.39, 0.29) is 23.5 Å². The van der Waals surface area contributed by atoms with Crippen molar-refractivity contribution in [3.8, 4) is 12.3 Å². The monoisotopic (exact) mass is 352 g/mol. The van der Waals surface area contributed by atoms with Crippen LogP contribution in [0.3, 0.4) is 0 Å². The number of sulfonamides is 1. The number of terminal acetylenes is 1. The van der Waals surface area contributed by atoms with Gasteiger partial charge in [0.1, 0.15) is 0 Å². The van der Waals surface area contributed by atoms with Gasteiger partial charge in [0.15, 0.2) is 0 Å². The molecule has 1 amide bonds. The first-order valence-corrected chi connectivity index (χ1v) is 8.84. The van der Waals surface area contributed by atoms with Gasteiger partial charge in [-0.3, -0.25) is 9.59 Å². The van der Waals surface area contributed by atoms with E-state index < -0.39 is 27.8 Å². The smallest absolute Gasteiger partial charge is 0.308 e. The molecule has 0 saturated carbocycles. The van der Waals surface area contributed by atoms with Gasteiger partial charge in [-0.05, 0) is 30.7 Å². The van der Waals surface area contributed by atoms with Crippen molar-refractivity contribution in [2.45, 2.75) is 24.7 Å². The Bertz CT molecular complexity index is 720. The summed E-state index contributed by atoms with van der Waals surface area (Å²) in [6, 6.07) is 5.29. The first-order chi connectivity index (χ1) is 11.3. The Morgan fingerprint density at radius 2 is 1.92 bits per heavy atom. The van der Waals surface area contributed by atoms with Crippen LogP contribution in [0.2, 0.25) is 0 Å². The summed E-state index contributed by atoms with van der Waals surface area (Å²) in [4.78, 5) is 23.0. The van der Waals surface area contributed by atoms with E-state index in [0.29, 0.717) is 12.8 Å². The van der Waals surface area contributed by atoms with Crippen molar-refractivity contribution >= 4 is 21.9 Å². The molecule has 0 heterocycles. The molecule has 0 spiro atoms. The Labute approximate surface area is 141 Å². The van der Waals surface area contributed by atoms with Crippen LogP contribution in [0.25, 0.3) is 0 Å². The second-order valence-corrected chi connectivity index (χ2v) is 6.85. The fourth-order valence-electron chi connectivity index (χ4n) is 1.98. The minimum Gasteiger partial charge on any atom is -0.481 e. The Balaban J connectivity index is 2.73. The van der Waals surface area contributed by atoms with E-state index in [4.69, 9.17) is 11.5 Å². The molecule has 1 aromatic rings. The predicted molar refractivity (Wildman–Crippen MR) is 88.8 cm³/mol. The second-order valence-electron chi connectivity index (χ2n) is 5.09. The number of rotatable bonds is 9. The van der Waals surface area contributed by atoms with Gasteiger partial charge in [0.05, 0.1) is 17.4 Å². The summed E-state index contributed by atoms with van der Waals surface area (Å²) in [5.74, 6) is 0.100. The third kappa shape index (κ3) is 5.68. The van der Waals surface area contributed by atoms with Gasteiger partial charge in [-0.15, -0.1) is 6.42 Å². The van der Waals surface area contributed by atoms with Crippen LogP contribution in [0.1, 0.15) is 30.1 Å². The third-order valence-electron chi connectivity index (χ3n) is 3.29. The van der Waals surface area contributed by atoms with E-state index in [2.05, 4.69) is 16.0 Å². The largest absolute Gasteiger partial charge is 0.481 e. The van der Waals surface area contributed by atoms with Crippen molar-refractivity contribution in [2.24, 2.45) is 5.92 Å². The Morgan fingerprint density at radius 1 is 1.29 bits per heavy atom. The lowest BCUT2D eigenvalue weighted by atomic mass is 10.0. The SMILES string of the molecule is C#CCNS(=O)(=O)c1ccc(C(=O)NCC(CCC)C(=O)O)cc1. The molecule has 0 fully saturated rings. The van der Waals surface area contributed by atoms with Gasteiger partial charge >= 0.3 is 5.97 Å². The third-order valence-corrected chi connectivity index (χ3v) is 4.70. The minimum atomic E-state index is -3.71. The van der Waals surface area contributed by atoms with Gasteiger partial charge in [0.25, 0.3) is 5.91 Å². The number of carboxylic acid groups (broad SMARTS) is 1. The maximum Gasteiger partial charge on any atom is 0.308 e. The van der Waals surface area contributed by atoms with Crippen molar-refractivity contribution in [3.63, 3.8) is 0 Å². The summed E-state index contributed by atoms with van der Waals surface area (Å²) < 4.78 is 25.9. The molecule has 0 aliphatic carbocycles. The molecule has 1 aromatic carbocycles. The zero-order chi connectivity index (χ0) is 18.2. The number of carbonyl (C=O) groups excluding carboxylic acids is 1. The summed E-state index contributed by atoms with van der Waals surface area (Å²) in [5, 5.41) is 11.6. The highest BCUT2D eigenvalue weighted by Gasteiger charge is 2.18. The summed E-state index contributed by atoms with van der Waals surface area (Å²) in [6.07, 6.45) is 6.17. The van der Waals surface area contributed by atoms with Crippen molar-refractivity contribution < 1.29 is 23.1 Å². The number of aliphatic carboxylic acids is 1. The highest BCUT2D eigenvalue weighted by Crippen LogP contribution is 2.11. The van der Waals surface area contributed by atoms with Crippen LogP contribution in [0.5, 0.6) is 0 Å².